The smallest absolute Gasteiger partial charge is 0.138 e. The minimum atomic E-state index is -0.309. The lowest BCUT2D eigenvalue weighted by Gasteiger charge is -2.41. The maximum atomic E-state index is 6.90. The Morgan fingerprint density at radius 1 is 0.793 bits per heavy atom. The molecule has 0 saturated heterocycles. The number of fused-ring (bicyclic) bond motifs is 5. The first-order valence-corrected chi connectivity index (χ1v) is 10.7. The highest BCUT2D eigenvalue weighted by Crippen LogP contribution is 2.53. The van der Waals surface area contributed by atoms with Crippen LogP contribution in [0.1, 0.15) is 44.1 Å². The number of hydrogen-bond acceptors (Lipinski definition) is 2. The molecule has 2 aliphatic rings. The molecule has 3 heteroatoms. The van der Waals surface area contributed by atoms with Crippen LogP contribution >= 0.6 is 0 Å². The van der Waals surface area contributed by atoms with Gasteiger partial charge >= 0.3 is 0 Å². The van der Waals surface area contributed by atoms with Gasteiger partial charge in [0, 0.05) is 28.9 Å². The molecule has 0 atom stereocenters. The van der Waals surface area contributed by atoms with E-state index in [1.54, 1.807) is 0 Å². The second kappa shape index (κ2) is 6.48. The Balaban J connectivity index is 1.77. The van der Waals surface area contributed by atoms with Gasteiger partial charge in [0.2, 0.25) is 0 Å². The number of pyridine rings is 1. The molecule has 1 fully saturated rings. The van der Waals surface area contributed by atoms with Gasteiger partial charge in [-0.3, -0.25) is 0 Å². The molecule has 1 aliphatic carbocycles. The van der Waals surface area contributed by atoms with Gasteiger partial charge in [-0.25, -0.2) is 4.98 Å². The van der Waals surface area contributed by atoms with E-state index in [1.807, 2.05) is 0 Å². The molecule has 3 nitrogen and oxygen atoms in total. The molecular formula is C26H24N2O. The number of hydrogen-bond donors (Lipinski definition) is 0. The number of rotatable bonds is 1. The number of benzene rings is 2. The van der Waals surface area contributed by atoms with E-state index in [4.69, 9.17) is 9.72 Å². The van der Waals surface area contributed by atoms with Gasteiger partial charge in [0.1, 0.15) is 11.4 Å². The fourth-order valence-electron chi connectivity index (χ4n) is 5.24. The van der Waals surface area contributed by atoms with Crippen LogP contribution < -0.4 is 4.74 Å². The quantitative estimate of drug-likeness (QED) is 0.370. The van der Waals surface area contributed by atoms with E-state index < -0.39 is 0 Å². The van der Waals surface area contributed by atoms with Gasteiger partial charge < -0.3 is 9.30 Å². The van der Waals surface area contributed by atoms with Crippen LogP contribution in [0, 0.1) is 0 Å². The molecule has 0 bridgehead atoms. The van der Waals surface area contributed by atoms with Gasteiger partial charge in [-0.15, -0.1) is 0 Å². The van der Waals surface area contributed by atoms with Crippen molar-refractivity contribution in [1.82, 2.24) is 9.55 Å². The zero-order valence-electron chi connectivity index (χ0n) is 16.5. The minimum Gasteiger partial charge on any atom is -0.482 e. The van der Waals surface area contributed by atoms with E-state index >= 15 is 0 Å². The highest BCUT2D eigenvalue weighted by molar-refractivity contribution is 5.94. The number of nitrogens with zero attached hydrogens (tertiary/aromatic N) is 2. The molecule has 0 amide bonds. The maximum absolute atomic E-state index is 6.90. The van der Waals surface area contributed by atoms with Crippen LogP contribution in [0.25, 0.3) is 27.8 Å². The zero-order chi connectivity index (χ0) is 19.3. The van der Waals surface area contributed by atoms with Gasteiger partial charge in [0.25, 0.3) is 0 Å². The summed E-state index contributed by atoms with van der Waals surface area (Å²) in [7, 11) is 0. The molecule has 2 aromatic heterocycles. The van der Waals surface area contributed by atoms with Crippen molar-refractivity contribution in [3.63, 3.8) is 0 Å². The first-order valence-electron chi connectivity index (χ1n) is 10.7. The Morgan fingerprint density at radius 3 is 2.34 bits per heavy atom. The SMILES string of the molecule is c1ccc2c(c1)OC1(CCCCCC1)c1c-2nc2ccccc2c1-n1cccc1. The highest BCUT2D eigenvalue weighted by Gasteiger charge is 2.44. The lowest BCUT2D eigenvalue weighted by Crippen LogP contribution is -2.37. The zero-order valence-corrected chi connectivity index (χ0v) is 16.5. The maximum Gasteiger partial charge on any atom is 0.138 e. The number of aromatic nitrogens is 2. The second-order valence-corrected chi connectivity index (χ2v) is 8.30. The van der Waals surface area contributed by atoms with E-state index in [0.29, 0.717) is 0 Å². The third-order valence-corrected chi connectivity index (χ3v) is 6.54. The monoisotopic (exact) mass is 380 g/mol. The van der Waals surface area contributed by atoms with Crippen molar-refractivity contribution >= 4 is 10.9 Å². The Morgan fingerprint density at radius 2 is 1.52 bits per heavy atom. The normalized spacial score (nSPS) is 17.4. The summed E-state index contributed by atoms with van der Waals surface area (Å²) >= 11 is 0. The Bertz CT molecular complexity index is 1180. The van der Waals surface area contributed by atoms with Crippen LogP contribution in [0.5, 0.6) is 5.75 Å². The molecule has 0 unspecified atom stereocenters. The van der Waals surface area contributed by atoms with E-state index in [1.165, 1.54) is 42.3 Å². The van der Waals surface area contributed by atoms with Crippen LogP contribution in [-0.4, -0.2) is 9.55 Å². The fraction of sp³-hybridized carbons (Fsp3) is 0.269. The second-order valence-electron chi connectivity index (χ2n) is 8.30. The van der Waals surface area contributed by atoms with E-state index in [0.717, 1.165) is 35.4 Å². The molecule has 29 heavy (non-hydrogen) atoms. The van der Waals surface area contributed by atoms with Crippen molar-refractivity contribution in [2.45, 2.75) is 44.1 Å². The molecule has 4 aromatic rings. The van der Waals surface area contributed by atoms with Crippen molar-refractivity contribution in [3.8, 4) is 22.7 Å². The van der Waals surface area contributed by atoms with Gasteiger partial charge in [0.05, 0.1) is 16.9 Å². The standard InChI is InChI=1S/C26H24N2O/c1-2-8-16-26(15-7-1)23-24(20-12-4-6-14-22(20)29-26)27-21-13-5-3-11-19(21)25(23)28-17-9-10-18-28/h3-6,9-14,17-18H,1-2,7-8,15-16H2. The van der Waals surface area contributed by atoms with Gasteiger partial charge in [0.15, 0.2) is 0 Å². The van der Waals surface area contributed by atoms with E-state index in [-0.39, 0.29) is 5.60 Å². The largest absolute Gasteiger partial charge is 0.482 e. The highest BCUT2D eigenvalue weighted by atomic mass is 16.5. The topological polar surface area (TPSA) is 27.1 Å². The Hall–Kier alpha value is -3.07. The molecule has 0 N–H and O–H groups in total. The minimum absolute atomic E-state index is 0.309. The molecule has 1 saturated carbocycles. The van der Waals surface area contributed by atoms with Crippen molar-refractivity contribution in [2.24, 2.45) is 0 Å². The van der Waals surface area contributed by atoms with E-state index in [9.17, 15) is 0 Å². The molecule has 6 rings (SSSR count). The van der Waals surface area contributed by atoms with Gasteiger partial charge in [-0.1, -0.05) is 43.2 Å². The lowest BCUT2D eigenvalue weighted by molar-refractivity contribution is 0.0463. The molecule has 1 aliphatic heterocycles. The van der Waals surface area contributed by atoms with Crippen molar-refractivity contribution in [1.29, 1.82) is 0 Å². The fourth-order valence-corrected chi connectivity index (χ4v) is 5.24. The van der Waals surface area contributed by atoms with Crippen molar-refractivity contribution in [2.75, 3.05) is 0 Å². The van der Waals surface area contributed by atoms with Gasteiger partial charge in [-0.2, -0.15) is 0 Å². The summed E-state index contributed by atoms with van der Waals surface area (Å²) in [4.78, 5) is 5.21. The summed E-state index contributed by atoms with van der Waals surface area (Å²) < 4.78 is 9.16. The summed E-state index contributed by atoms with van der Waals surface area (Å²) in [5.41, 5.74) is 5.43. The number of para-hydroxylation sites is 2. The Kier molecular flexibility index (Phi) is 3.77. The molecular weight excluding hydrogens is 356 g/mol. The average molecular weight is 380 g/mol. The van der Waals surface area contributed by atoms with Crippen LogP contribution in [0.2, 0.25) is 0 Å². The molecule has 0 radical (unpaired) electrons. The van der Waals surface area contributed by atoms with Gasteiger partial charge in [-0.05, 0) is 56.0 Å². The summed E-state index contributed by atoms with van der Waals surface area (Å²) in [6, 6.07) is 21.1. The van der Waals surface area contributed by atoms with E-state index in [2.05, 4.69) is 77.6 Å². The van der Waals surface area contributed by atoms with Crippen LogP contribution in [0.15, 0.2) is 73.1 Å². The third-order valence-electron chi connectivity index (χ3n) is 6.54. The predicted molar refractivity (Wildman–Crippen MR) is 117 cm³/mol. The lowest BCUT2D eigenvalue weighted by atomic mass is 9.79. The summed E-state index contributed by atoms with van der Waals surface area (Å²) in [6.07, 6.45) is 11.3. The first kappa shape index (κ1) is 16.8. The predicted octanol–water partition coefficient (Wildman–Crippen LogP) is 6.63. The summed E-state index contributed by atoms with van der Waals surface area (Å²) in [6.45, 7) is 0. The van der Waals surface area contributed by atoms with Crippen molar-refractivity contribution in [3.05, 3.63) is 78.6 Å². The Labute approximate surface area is 171 Å². The summed E-state index contributed by atoms with van der Waals surface area (Å²) in [5, 5.41) is 1.19. The number of ether oxygens (including phenoxy) is 1. The molecule has 144 valence electrons. The molecule has 1 spiro atoms. The summed E-state index contributed by atoms with van der Waals surface area (Å²) in [5.74, 6) is 0.975. The van der Waals surface area contributed by atoms with Crippen LogP contribution in [0.3, 0.4) is 0 Å². The van der Waals surface area contributed by atoms with Crippen LogP contribution in [-0.2, 0) is 5.60 Å². The first-order chi connectivity index (χ1) is 14.4. The third kappa shape index (κ3) is 2.53. The van der Waals surface area contributed by atoms with Crippen LogP contribution in [0.4, 0.5) is 0 Å². The molecule has 2 aromatic carbocycles. The molecule has 3 heterocycles. The van der Waals surface area contributed by atoms with Crippen molar-refractivity contribution < 1.29 is 4.74 Å². The average Bonchev–Trinajstić information content (AvgIpc) is 3.19.